The second-order valence-electron chi connectivity index (χ2n) is 7.00. The van der Waals surface area contributed by atoms with Crippen LogP contribution in [0.2, 0.25) is 0 Å². The Labute approximate surface area is 191 Å². The first-order chi connectivity index (χ1) is 15.6. The van der Waals surface area contributed by atoms with Crippen molar-refractivity contribution < 1.29 is 14.4 Å². The smallest absolute Gasteiger partial charge is 0.268 e. The fourth-order valence-corrected chi connectivity index (χ4v) is 5.14. The second-order valence-corrected chi connectivity index (χ2v) is 9.18. The number of anilines is 1. The van der Waals surface area contributed by atoms with Crippen LogP contribution < -0.4 is 4.90 Å². The van der Waals surface area contributed by atoms with Gasteiger partial charge in [0.05, 0.1) is 16.9 Å². The Bertz CT molecular complexity index is 1300. The van der Waals surface area contributed by atoms with Crippen molar-refractivity contribution in [1.82, 2.24) is 10.2 Å². The van der Waals surface area contributed by atoms with Gasteiger partial charge in [0, 0.05) is 5.56 Å². The van der Waals surface area contributed by atoms with E-state index in [2.05, 4.69) is 10.2 Å². The van der Waals surface area contributed by atoms with Crippen LogP contribution in [0.5, 0.6) is 0 Å². The summed E-state index contributed by atoms with van der Waals surface area (Å²) in [5, 5.41) is 8.25. The minimum absolute atomic E-state index is 0.0351. The highest BCUT2D eigenvalue weighted by Crippen LogP contribution is 2.33. The Morgan fingerprint density at radius 1 is 0.781 bits per heavy atom. The monoisotopic (exact) mass is 457 g/mol. The van der Waals surface area contributed by atoms with Crippen LogP contribution in [-0.2, 0) is 0 Å². The molecule has 0 aliphatic carbocycles. The molecule has 156 valence electrons. The van der Waals surface area contributed by atoms with E-state index in [0.29, 0.717) is 21.0 Å². The van der Waals surface area contributed by atoms with Gasteiger partial charge in [-0.2, -0.15) is 0 Å². The van der Waals surface area contributed by atoms with E-state index in [-0.39, 0.29) is 16.7 Å². The van der Waals surface area contributed by atoms with Gasteiger partial charge >= 0.3 is 0 Å². The third-order valence-electron chi connectivity index (χ3n) is 5.02. The zero-order chi connectivity index (χ0) is 22.1. The maximum atomic E-state index is 12.6. The van der Waals surface area contributed by atoms with Gasteiger partial charge in [-0.15, -0.1) is 10.2 Å². The standard InChI is InChI=1S/C24H15N3O3S2/c28-20(17-12-10-16(11-13-17)15-6-2-1-3-7-15)14-31-24-26-25-23(32-24)27-21(29)18-8-4-5-9-19(18)22(27)30/h1-13H,14H2. The number of carbonyl (C=O) groups is 3. The molecule has 6 nitrogen and oxygen atoms in total. The Morgan fingerprint density at radius 2 is 1.38 bits per heavy atom. The van der Waals surface area contributed by atoms with Crippen molar-refractivity contribution in [2.24, 2.45) is 0 Å². The summed E-state index contributed by atoms with van der Waals surface area (Å²) < 4.78 is 0.519. The van der Waals surface area contributed by atoms with Crippen molar-refractivity contribution in [2.75, 3.05) is 10.7 Å². The third kappa shape index (κ3) is 3.74. The normalized spacial score (nSPS) is 12.8. The molecule has 8 heteroatoms. The van der Waals surface area contributed by atoms with Crippen molar-refractivity contribution >= 4 is 45.8 Å². The van der Waals surface area contributed by atoms with Crippen molar-refractivity contribution in [2.45, 2.75) is 4.34 Å². The molecule has 1 aromatic heterocycles. The Balaban J connectivity index is 1.24. The number of carbonyl (C=O) groups excluding carboxylic acids is 3. The van der Waals surface area contributed by atoms with Crippen molar-refractivity contribution in [3.8, 4) is 11.1 Å². The predicted molar refractivity (Wildman–Crippen MR) is 124 cm³/mol. The quantitative estimate of drug-likeness (QED) is 0.176. The summed E-state index contributed by atoms with van der Waals surface area (Å²) in [6, 6.07) is 24.1. The van der Waals surface area contributed by atoms with Crippen LogP contribution in [0.25, 0.3) is 11.1 Å². The highest BCUT2D eigenvalue weighted by atomic mass is 32.2. The van der Waals surface area contributed by atoms with Gasteiger partial charge in [-0.3, -0.25) is 14.4 Å². The lowest BCUT2D eigenvalue weighted by Gasteiger charge is -2.07. The molecular formula is C24H15N3O3S2. The molecule has 0 bridgehead atoms. The first-order valence-electron chi connectivity index (χ1n) is 9.74. The minimum Gasteiger partial charge on any atom is -0.293 e. The topological polar surface area (TPSA) is 80.2 Å². The van der Waals surface area contributed by atoms with Crippen molar-refractivity contribution in [1.29, 1.82) is 0 Å². The molecular weight excluding hydrogens is 442 g/mol. The number of hydrogen-bond acceptors (Lipinski definition) is 7. The minimum atomic E-state index is -0.409. The number of thioether (sulfide) groups is 1. The predicted octanol–water partition coefficient (Wildman–Crippen LogP) is 4.98. The van der Waals surface area contributed by atoms with E-state index in [9.17, 15) is 14.4 Å². The van der Waals surface area contributed by atoms with Crippen LogP contribution in [0.3, 0.4) is 0 Å². The number of rotatable bonds is 6. The van der Waals surface area contributed by atoms with E-state index in [1.807, 2.05) is 54.6 Å². The first-order valence-corrected chi connectivity index (χ1v) is 11.5. The summed E-state index contributed by atoms with van der Waals surface area (Å²) in [4.78, 5) is 38.8. The third-order valence-corrected chi connectivity index (χ3v) is 7.06. The van der Waals surface area contributed by atoms with Crippen LogP contribution in [0, 0.1) is 0 Å². The molecule has 0 N–H and O–H groups in total. The number of hydrogen-bond donors (Lipinski definition) is 0. The molecule has 2 amide bonds. The van der Waals surface area contributed by atoms with Crippen molar-refractivity contribution in [3.05, 3.63) is 95.6 Å². The van der Waals surface area contributed by atoms with Crippen LogP contribution in [-0.4, -0.2) is 33.5 Å². The number of aromatic nitrogens is 2. The Hall–Kier alpha value is -3.62. The highest BCUT2D eigenvalue weighted by molar-refractivity contribution is 8.01. The lowest BCUT2D eigenvalue weighted by atomic mass is 10.0. The molecule has 1 aliphatic heterocycles. The van der Waals surface area contributed by atoms with Gasteiger partial charge in [0.15, 0.2) is 10.1 Å². The summed E-state index contributed by atoms with van der Waals surface area (Å²) in [6.45, 7) is 0. The van der Waals surface area contributed by atoms with E-state index in [4.69, 9.17) is 0 Å². The van der Waals surface area contributed by atoms with Gasteiger partial charge in [0.1, 0.15) is 0 Å². The van der Waals surface area contributed by atoms with E-state index in [0.717, 1.165) is 27.4 Å². The van der Waals surface area contributed by atoms with E-state index < -0.39 is 11.8 Å². The number of nitrogens with zero attached hydrogens (tertiary/aromatic N) is 3. The van der Waals surface area contributed by atoms with Crippen LogP contribution >= 0.6 is 23.1 Å². The lowest BCUT2D eigenvalue weighted by molar-refractivity contribution is 0.0924. The van der Waals surface area contributed by atoms with Crippen LogP contribution in [0.4, 0.5) is 5.13 Å². The van der Waals surface area contributed by atoms with Gasteiger partial charge in [-0.05, 0) is 23.3 Å². The van der Waals surface area contributed by atoms with Crippen LogP contribution in [0.15, 0.2) is 83.2 Å². The fourth-order valence-electron chi connectivity index (χ4n) is 3.40. The van der Waals surface area contributed by atoms with Gasteiger partial charge < -0.3 is 0 Å². The van der Waals surface area contributed by atoms with Crippen molar-refractivity contribution in [3.63, 3.8) is 0 Å². The molecule has 0 radical (unpaired) electrons. The van der Waals surface area contributed by atoms with Gasteiger partial charge in [-0.25, -0.2) is 4.90 Å². The van der Waals surface area contributed by atoms with E-state index >= 15 is 0 Å². The number of imide groups is 1. The average molecular weight is 458 g/mol. The Morgan fingerprint density at radius 3 is 2.03 bits per heavy atom. The highest BCUT2D eigenvalue weighted by Gasteiger charge is 2.38. The molecule has 32 heavy (non-hydrogen) atoms. The fraction of sp³-hybridized carbons (Fsp3) is 0.0417. The van der Waals surface area contributed by atoms with Gasteiger partial charge in [0.2, 0.25) is 5.13 Å². The molecule has 2 heterocycles. The SMILES string of the molecule is O=C(CSc1nnc(N2C(=O)c3ccccc3C2=O)s1)c1ccc(-c2ccccc2)cc1. The molecule has 0 spiro atoms. The maximum absolute atomic E-state index is 12.6. The first kappa shape index (κ1) is 20.3. The molecule has 4 aromatic rings. The molecule has 5 rings (SSSR count). The summed E-state index contributed by atoms with van der Waals surface area (Å²) in [6.07, 6.45) is 0. The zero-order valence-corrected chi connectivity index (χ0v) is 18.2. The molecule has 1 aliphatic rings. The van der Waals surface area contributed by atoms with E-state index in [1.54, 1.807) is 24.3 Å². The summed E-state index contributed by atoms with van der Waals surface area (Å²) in [5.41, 5.74) is 3.47. The average Bonchev–Trinajstić information content (AvgIpc) is 3.40. The molecule has 0 atom stereocenters. The molecule has 0 saturated heterocycles. The number of ketones is 1. The molecule has 3 aromatic carbocycles. The van der Waals surface area contributed by atoms with Crippen LogP contribution in [0.1, 0.15) is 31.1 Å². The summed E-state index contributed by atoms with van der Waals surface area (Å²) >= 11 is 2.35. The van der Waals surface area contributed by atoms with Gasteiger partial charge in [-0.1, -0.05) is 89.8 Å². The number of amides is 2. The Kier molecular flexibility index (Phi) is 5.38. The summed E-state index contributed by atoms with van der Waals surface area (Å²) in [5.74, 6) is -0.672. The van der Waals surface area contributed by atoms with E-state index in [1.165, 1.54) is 11.8 Å². The number of benzene rings is 3. The maximum Gasteiger partial charge on any atom is 0.268 e. The zero-order valence-electron chi connectivity index (χ0n) is 16.6. The van der Waals surface area contributed by atoms with Gasteiger partial charge in [0.25, 0.3) is 11.8 Å². The number of fused-ring (bicyclic) bond motifs is 1. The number of Topliss-reactive ketones (excluding diaryl/α,β-unsaturated/α-hetero) is 1. The molecule has 0 fully saturated rings. The molecule has 0 saturated carbocycles. The summed E-state index contributed by atoms with van der Waals surface area (Å²) in [7, 11) is 0. The second kappa shape index (κ2) is 8.49. The lowest BCUT2D eigenvalue weighted by Crippen LogP contribution is -2.29. The molecule has 0 unspecified atom stereocenters. The largest absolute Gasteiger partial charge is 0.293 e.